The van der Waals surface area contributed by atoms with Gasteiger partial charge in [-0.05, 0) is 79.1 Å². The van der Waals surface area contributed by atoms with E-state index in [1.165, 1.54) is 36.5 Å². The Bertz CT molecular complexity index is 1770. The van der Waals surface area contributed by atoms with Crippen LogP contribution in [0.5, 0.6) is 0 Å². The van der Waals surface area contributed by atoms with Crippen LogP contribution in [0.3, 0.4) is 0 Å². The highest BCUT2D eigenvalue weighted by Crippen LogP contribution is 2.55. The first-order valence-electron chi connectivity index (χ1n) is 11.8. The molecular formula is C28H23ClF3N3O2S. The molecule has 38 heavy (non-hydrogen) atoms. The van der Waals surface area contributed by atoms with Crippen molar-refractivity contribution in [1.82, 2.24) is 9.55 Å². The van der Waals surface area contributed by atoms with E-state index >= 15 is 8.78 Å². The number of nitrogens with one attached hydrogen (secondary N) is 1. The number of halogens is 4. The van der Waals surface area contributed by atoms with E-state index in [0.717, 1.165) is 22.8 Å². The quantitative estimate of drug-likeness (QED) is 0.290. The summed E-state index contributed by atoms with van der Waals surface area (Å²) in [6.45, 7) is 3.23. The fourth-order valence-electron chi connectivity index (χ4n) is 4.92. The molecule has 1 saturated carbocycles. The minimum atomic E-state index is -3.42. The minimum absolute atomic E-state index is 0.0291. The van der Waals surface area contributed by atoms with Crippen molar-refractivity contribution in [2.75, 3.05) is 6.26 Å². The van der Waals surface area contributed by atoms with E-state index in [0.29, 0.717) is 16.8 Å². The van der Waals surface area contributed by atoms with Gasteiger partial charge in [-0.25, -0.2) is 22.2 Å². The molecule has 1 aliphatic rings. The summed E-state index contributed by atoms with van der Waals surface area (Å²) < 4.78 is 65.7. The van der Waals surface area contributed by atoms with Gasteiger partial charge in [-0.15, -0.1) is 0 Å². The molecule has 0 spiro atoms. The summed E-state index contributed by atoms with van der Waals surface area (Å²) in [7, 11) is -3.42. The van der Waals surface area contributed by atoms with Crippen LogP contribution >= 0.6 is 11.6 Å². The second kappa shape index (κ2) is 9.39. The van der Waals surface area contributed by atoms with Gasteiger partial charge in [0.25, 0.3) is 5.56 Å². The van der Waals surface area contributed by atoms with Gasteiger partial charge in [0.1, 0.15) is 22.4 Å². The monoisotopic (exact) mass is 557 g/mol. The second-order valence-electron chi connectivity index (χ2n) is 9.61. The van der Waals surface area contributed by atoms with Crippen LogP contribution in [0.1, 0.15) is 40.6 Å². The smallest absolute Gasteiger partial charge is 0.274 e. The summed E-state index contributed by atoms with van der Waals surface area (Å²) in [5.74, 6) is -2.22. The Hall–Kier alpha value is -3.43. The lowest BCUT2D eigenvalue weighted by Crippen LogP contribution is -2.24. The number of hydrogen-bond donors (Lipinski definition) is 1. The molecule has 1 fully saturated rings. The zero-order valence-corrected chi connectivity index (χ0v) is 22.3. The lowest BCUT2D eigenvalue weighted by Gasteiger charge is -2.18. The molecule has 0 bridgehead atoms. The van der Waals surface area contributed by atoms with E-state index in [1.807, 2.05) is 0 Å². The van der Waals surface area contributed by atoms with Gasteiger partial charge in [0.05, 0.1) is 20.3 Å². The van der Waals surface area contributed by atoms with Gasteiger partial charge in [-0.3, -0.25) is 14.3 Å². The predicted octanol–water partition coefficient (Wildman–Crippen LogP) is 6.89. The van der Waals surface area contributed by atoms with Crippen LogP contribution in [0.2, 0.25) is 5.02 Å². The molecule has 0 saturated heterocycles. The first-order chi connectivity index (χ1) is 17.9. The van der Waals surface area contributed by atoms with Crippen LogP contribution in [-0.2, 0) is 9.73 Å². The first-order valence-corrected chi connectivity index (χ1v) is 14.1. The van der Waals surface area contributed by atoms with Crippen LogP contribution in [-0.4, -0.2) is 20.0 Å². The first kappa shape index (κ1) is 26.2. The van der Waals surface area contributed by atoms with Crippen LogP contribution in [0.4, 0.5) is 13.2 Å². The highest BCUT2D eigenvalue weighted by molar-refractivity contribution is 7.91. The van der Waals surface area contributed by atoms with Crippen LogP contribution < -0.4 is 5.56 Å². The molecule has 3 atom stereocenters. The molecule has 5 rings (SSSR count). The topological polar surface area (TPSA) is 75.8 Å². The molecule has 4 aromatic rings. The molecule has 10 heteroatoms. The fraction of sp³-hybridized carbons (Fsp3) is 0.214. The highest BCUT2D eigenvalue weighted by atomic mass is 35.5. The summed E-state index contributed by atoms with van der Waals surface area (Å²) in [6, 6.07) is 11.8. The number of rotatable bonds is 5. The Morgan fingerprint density at radius 3 is 2.39 bits per heavy atom. The van der Waals surface area contributed by atoms with Gasteiger partial charge < -0.3 is 0 Å². The van der Waals surface area contributed by atoms with Crippen LogP contribution in [0, 0.1) is 36.1 Å². The number of hydrogen-bond acceptors (Lipinski definition) is 4. The van der Waals surface area contributed by atoms with E-state index in [4.69, 9.17) is 16.4 Å². The lowest BCUT2D eigenvalue weighted by molar-refractivity contribution is 0.586. The van der Waals surface area contributed by atoms with Gasteiger partial charge in [0.15, 0.2) is 5.82 Å². The fourth-order valence-corrected chi connectivity index (χ4v) is 5.99. The molecule has 1 N–H and O–H groups in total. The predicted molar refractivity (Wildman–Crippen MR) is 141 cm³/mol. The van der Waals surface area contributed by atoms with Crippen molar-refractivity contribution in [1.29, 1.82) is 4.78 Å². The normalized spacial score (nSPS) is 18.3. The minimum Gasteiger partial charge on any atom is -0.277 e. The molecule has 2 heterocycles. The Labute approximate surface area is 222 Å². The average molecular weight is 558 g/mol. The lowest BCUT2D eigenvalue weighted by atomic mass is 10.0. The molecular weight excluding hydrogens is 535 g/mol. The van der Waals surface area contributed by atoms with E-state index in [2.05, 4.69) is 4.98 Å². The molecule has 1 aliphatic carbocycles. The van der Waals surface area contributed by atoms with Gasteiger partial charge in [0, 0.05) is 23.7 Å². The molecule has 0 unspecified atom stereocenters. The number of benzene rings is 2. The third kappa shape index (κ3) is 4.43. The average Bonchev–Trinajstić information content (AvgIpc) is 3.64. The summed E-state index contributed by atoms with van der Waals surface area (Å²) in [5.41, 5.74) is 0.951. The Balaban J connectivity index is 1.61. The van der Waals surface area contributed by atoms with Gasteiger partial charge in [-0.1, -0.05) is 29.8 Å². The summed E-state index contributed by atoms with van der Waals surface area (Å²) in [4.78, 5) is 17.2. The van der Waals surface area contributed by atoms with E-state index < -0.39 is 26.9 Å². The third-order valence-electron chi connectivity index (χ3n) is 6.89. The number of aryl methyl sites for hydroxylation is 2. The number of aromatic nitrogens is 2. The summed E-state index contributed by atoms with van der Waals surface area (Å²) in [5, 5.41) is -0.0459. The van der Waals surface area contributed by atoms with E-state index in [1.54, 1.807) is 32.0 Å². The van der Waals surface area contributed by atoms with Gasteiger partial charge in [-0.2, -0.15) is 0 Å². The highest BCUT2D eigenvalue weighted by Gasteiger charge is 2.41. The van der Waals surface area contributed by atoms with E-state index in [9.17, 15) is 13.4 Å². The Kier molecular flexibility index (Phi) is 6.47. The second-order valence-corrected chi connectivity index (χ2v) is 12.1. The third-order valence-corrected chi connectivity index (χ3v) is 8.42. The van der Waals surface area contributed by atoms with E-state index in [-0.39, 0.29) is 44.5 Å². The van der Waals surface area contributed by atoms with Gasteiger partial charge in [0.2, 0.25) is 0 Å². The van der Waals surface area contributed by atoms with Crippen molar-refractivity contribution >= 4 is 21.3 Å². The Morgan fingerprint density at radius 1 is 1.05 bits per heavy atom. The van der Waals surface area contributed by atoms with Crippen molar-refractivity contribution in [2.24, 2.45) is 0 Å². The number of nitrogens with zero attached hydrogens (tertiary/aromatic N) is 2. The van der Waals surface area contributed by atoms with Crippen molar-refractivity contribution in [3.63, 3.8) is 0 Å². The van der Waals surface area contributed by atoms with Crippen molar-refractivity contribution in [3.8, 4) is 16.9 Å². The largest absolute Gasteiger partial charge is 0.277 e. The van der Waals surface area contributed by atoms with Crippen LogP contribution in [0.15, 0.2) is 64.4 Å². The molecule has 2 aromatic heterocycles. The Morgan fingerprint density at radius 2 is 1.74 bits per heavy atom. The zero-order chi connectivity index (χ0) is 27.5. The summed E-state index contributed by atoms with van der Waals surface area (Å²) >= 11 is 6.55. The van der Waals surface area contributed by atoms with Gasteiger partial charge >= 0.3 is 0 Å². The molecule has 0 amide bonds. The SMILES string of the molecule is Cc1cnc(-c2cccc([S@](C)(=N)=O)c2F)c(F)c1-n1c(C)cc([C@H]2C[C@@H]2c2ccc(F)cc2)c(Cl)c1=O. The maximum atomic E-state index is 16.0. The maximum absolute atomic E-state index is 16.0. The van der Waals surface area contributed by atoms with Crippen molar-refractivity contribution in [2.45, 2.75) is 37.0 Å². The molecule has 5 nitrogen and oxygen atoms in total. The maximum Gasteiger partial charge on any atom is 0.274 e. The van der Waals surface area contributed by atoms with Crippen molar-refractivity contribution in [3.05, 3.63) is 110 Å². The standard InChI is InChI=1S/C28H23ClF3N3O2S/c1-14-13-34-26(18-5-4-6-22(24(18)31)38(3,33)37)25(32)27(14)35-15(2)11-21(23(29)28(35)36)20-12-19(20)16-7-9-17(30)10-8-16/h4-11,13,19-20,33H,12H2,1-3H3/t19-,20+,38-/m1/s1. The molecule has 0 radical (unpaired) electrons. The van der Waals surface area contributed by atoms with Crippen molar-refractivity contribution < 1.29 is 17.4 Å². The number of pyridine rings is 2. The summed E-state index contributed by atoms with van der Waals surface area (Å²) in [6.07, 6.45) is 3.14. The van der Waals surface area contributed by atoms with Crippen LogP contribution in [0.25, 0.3) is 16.9 Å². The molecule has 2 aromatic carbocycles. The molecule has 196 valence electrons. The zero-order valence-electron chi connectivity index (χ0n) is 20.7. The molecule has 0 aliphatic heterocycles.